The topological polar surface area (TPSA) is 47.0 Å². The van der Waals surface area contributed by atoms with Gasteiger partial charge in [-0.1, -0.05) is 36.4 Å². The summed E-state index contributed by atoms with van der Waals surface area (Å²) >= 11 is 1.71. The van der Waals surface area contributed by atoms with E-state index >= 15 is 0 Å². The minimum atomic E-state index is 0.735. The predicted molar refractivity (Wildman–Crippen MR) is 124 cm³/mol. The van der Waals surface area contributed by atoms with Gasteiger partial charge in [-0.15, -0.1) is 11.3 Å². The Morgan fingerprint density at radius 1 is 0.800 bits per heavy atom. The highest BCUT2D eigenvalue weighted by molar-refractivity contribution is 7.17. The molecule has 0 saturated heterocycles. The van der Waals surface area contributed by atoms with Gasteiger partial charge in [0.25, 0.3) is 0 Å². The van der Waals surface area contributed by atoms with Crippen LogP contribution < -0.4 is 10.1 Å². The molecule has 0 radical (unpaired) electrons. The molecule has 4 nitrogen and oxygen atoms in total. The zero-order valence-corrected chi connectivity index (χ0v) is 17.2. The molecule has 0 aliphatic rings. The van der Waals surface area contributed by atoms with Crippen LogP contribution in [-0.2, 0) is 0 Å². The first-order valence-corrected chi connectivity index (χ1v) is 10.5. The van der Waals surface area contributed by atoms with Crippen LogP contribution in [-0.4, -0.2) is 9.97 Å². The maximum absolute atomic E-state index is 5.86. The number of anilines is 2. The summed E-state index contributed by atoms with van der Waals surface area (Å²) in [5.41, 5.74) is 2.92. The van der Waals surface area contributed by atoms with Gasteiger partial charge in [-0.05, 0) is 49.4 Å². The molecule has 0 aliphatic heterocycles. The third-order valence-corrected chi connectivity index (χ3v) is 5.65. The molecule has 0 aliphatic carbocycles. The third-order valence-electron chi connectivity index (χ3n) is 4.68. The van der Waals surface area contributed by atoms with E-state index in [-0.39, 0.29) is 0 Å². The van der Waals surface area contributed by atoms with Crippen LogP contribution in [0.25, 0.3) is 21.5 Å². The fraction of sp³-hybridized carbons (Fsp3) is 0.0400. The standard InChI is InChI=1S/C25H19N3OS/c1-17-15-24(28-25(26-17)22-16-30-23-10-6-5-9-21(22)23)27-18-11-13-20(14-12-18)29-19-7-3-2-4-8-19/h2-16H,1H3,(H,26,27,28). The van der Waals surface area contributed by atoms with Crippen LogP contribution >= 0.6 is 11.3 Å². The maximum atomic E-state index is 5.86. The van der Waals surface area contributed by atoms with Crippen LogP contribution in [0, 0.1) is 6.92 Å². The van der Waals surface area contributed by atoms with Crippen LogP contribution in [0.5, 0.6) is 11.5 Å². The van der Waals surface area contributed by atoms with Crippen molar-refractivity contribution in [3.63, 3.8) is 0 Å². The van der Waals surface area contributed by atoms with E-state index < -0.39 is 0 Å². The molecular formula is C25H19N3OS. The highest BCUT2D eigenvalue weighted by atomic mass is 32.1. The Morgan fingerprint density at radius 2 is 1.53 bits per heavy atom. The second kappa shape index (κ2) is 7.97. The number of hydrogen-bond donors (Lipinski definition) is 1. The van der Waals surface area contributed by atoms with Crippen molar-refractivity contribution in [1.29, 1.82) is 0 Å². The van der Waals surface area contributed by atoms with Crippen molar-refractivity contribution < 1.29 is 4.74 Å². The van der Waals surface area contributed by atoms with Gasteiger partial charge in [0.1, 0.15) is 17.3 Å². The average molecular weight is 410 g/mol. The van der Waals surface area contributed by atoms with Gasteiger partial charge >= 0.3 is 0 Å². The van der Waals surface area contributed by atoms with Crippen molar-refractivity contribution in [3.8, 4) is 22.9 Å². The molecule has 0 spiro atoms. The third kappa shape index (κ3) is 3.88. The number of ether oxygens (including phenoxy) is 1. The lowest BCUT2D eigenvalue weighted by molar-refractivity contribution is 0.483. The molecule has 0 bridgehead atoms. The van der Waals surface area contributed by atoms with Gasteiger partial charge in [-0.25, -0.2) is 9.97 Å². The number of thiophene rings is 1. The Bertz CT molecular complexity index is 1300. The maximum Gasteiger partial charge on any atom is 0.163 e. The van der Waals surface area contributed by atoms with Crippen molar-refractivity contribution in [3.05, 3.63) is 96.0 Å². The Morgan fingerprint density at radius 3 is 2.37 bits per heavy atom. The predicted octanol–water partition coefficient (Wildman–Crippen LogP) is 7.20. The Balaban J connectivity index is 1.39. The number of aryl methyl sites for hydroxylation is 1. The van der Waals surface area contributed by atoms with Crippen molar-refractivity contribution >= 4 is 32.9 Å². The van der Waals surface area contributed by atoms with Gasteiger partial charge in [-0.2, -0.15) is 0 Å². The summed E-state index contributed by atoms with van der Waals surface area (Å²) in [5.74, 6) is 3.11. The Kier molecular flexibility index (Phi) is 4.87. The van der Waals surface area contributed by atoms with Crippen molar-refractivity contribution in [1.82, 2.24) is 9.97 Å². The van der Waals surface area contributed by atoms with Gasteiger partial charge in [-0.3, -0.25) is 0 Å². The number of nitrogens with zero attached hydrogens (tertiary/aromatic N) is 2. The van der Waals surface area contributed by atoms with Gasteiger partial charge in [0, 0.05) is 38.5 Å². The van der Waals surface area contributed by atoms with E-state index in [1.165, 1.54) is 10.1 Å². The molecule has 0 atom stereocenters. The molecule has 0 saturated carbocycles. The van der Waals surface area contributed by atoms with Crippen LogP contribution in [0.2, 0.25) is 0 Å². The normalized spacial score (nSPS) is 10.8. The number of hydrogen-bond acceptors (Lipinski definition) is 5. The molecular weight excluding hydrogens is 390 g/mol. The van der Waals surface area contributed by atoms with E-state index in [0.29, 0.717) is 0 Å². The molecule has 5 rings (SSSR count). The lowest BCUT2D eigenvalue weighted by Crippen LogP contribution is -1.99. The second-order valence-corrected chi connectivity index (χ2v) is 7.84. The van der Waals surface area contributed by atoms with E-state index in [9.17, 15) is 0 Å². The number of aromatic nitrogens is 2. The van der Waals surface area contributed by atoms with E-state index in [2.05, 4.69) is 33.9 Å². The quantitative estimate of drug-likeness (QED) is 0.333. The van der Waals surface area contributed by atoms with Gasteiger partial charge in [0.2, 0.25) is 0 Å². The van der Waals surface area contributed by atoms with Crippen molar-refractivity contribution in [2.45, 2.75) is 6.92 Å². The zero-order valence-electron chi connectivity index (χ0n) is 16.4. The summed E-state index contributed by atoms with van der Waals surface area (Å²) in [6.45, 7) is 1.99. The minimum absolute atomic E-state index is 0.735. The number of fused-ring (bicyclic) bond motifs is 1. The molecule has 2 heterocycles. The van der Waals surface area contributed by atoms with Crippen LogP contribution in [0.1, 0.15) is 5.69 Å². The second-order valence-electron chi connectivity index (χ2n) is 6.93. The largest absolute Gasteiger partial charge is 0.457 e. The average Bonchev–Trinajstić information content (AvgIpc) is 3.20. The molecule has 0 amide bonds. The molecule has 2 aromatic heterocycles. The van der Waals surface area contributed by atoms with E-state index in [1.807, 2.05) is 73.7 Å². The van der Waals surface area contributed by atoms with Gasteiger partial charge in [0.05, 0.1) is 0 Å². The van der Waals surface area contributed by atoms with E-state index in [4.69, 9.17) is 9.72 Å². The summed E-state index contributed by atoms with van der Waals surface area (Å²) in [6, 6.07) is 27.9. The molecule has 146 valence electrons. The van der Waals surface area contributed by atoms with Crippen LogP contribution in [0.3, 0.4) is 0 Å². The van der Waals surface area contributed by atoms with Crippen molar-refractivity contribution in [2.75, 3.05) is 5.32 Å². The molecule has 5 heteroatoms. The first-order chi connectivity index (χ1) is 14.7. The lowest BCUT2D eigenvalue weighted by Gasteiger charge is -2.10. The molecule has 0 unspecified atom stereocenters. The van der Waals surface area contributed by atoms with Gasteiger partial charge < -0.3 is 10.1 Å². The monoisotopic (exact) mass is 409 g/mol. The molecule has 3 aromatic carbocycles. The minimum Gasteiger partial charge on any atom is -0.457 e. The van der Waals surface area contributed by atoms with Crippen molar-refractivity contribution in [2.24, 2.45) is 0 Å². The van der Waals surface area contributed by atoms with E-state index in [1.54, 1.807) is 11.3 Å². The number of nitrogens with one attached hydrogen (secondary N) is 1. The molecule has 5 aromatic rings. The fourth-order valence-corrected chi connectivity index (χ4v) is 4.22. The Labute approximate surface area is 178 Å². The molecule has 30 heavy (non-hydrogen) atoms. The number of para-hydroxylation sites is 1. The first-order valence-electron chi connectivity index (χ1n) is 9.67. The number of benzene rings is 3. The van der Waals surface area contributed by atoms with Gasteiger partial charge in [0.15, 0.2) is 5.82 Å². The smallest absolute Gasteiger partial charge is 0.163 e. The van der Waals surface area contributed by atoms with Crippen LogP contribution in [0.15, 0.2) is 90.3 Å². The first kappa shape index (κ1) is 18.3. The summed E-state index contributed by atoms with van der Waals surface area (Å²) in [4.78, 5) is 9.43. The molecule has 0 fully saturated rings. The summed E-state index contributed by atoms with van der Waals surface area (Å²) in [5, 5.41) is 6.69. The SMILES string of the molecule is Cc1cc(Nc2ccc(Oc3ccccc3)cc2)nc(-c2csc3ccccc23)n1. The summed E-state index contributed by atoms with van der Waals surface area (Å²) in [6.07, 6.45) is 0. The Hall–Kier alpha value is -3.70. The molecule has 1 N–H and O–H groups in total. The highest BCUT2D eigenvalue weighted by Gasteiger charge is 2.11. The summed E-state index contributed by atoms with van der Waals surface area (Å²) < 4.78 is 7.10. The van der Waals surface area contributed by atoms with Crippen LogP contribution in [0.4, 0.5) is 11.5 Å². The number of rotatable bonds is 5. The zero-order chi connectivity index (χ0) is 20.3. The van der Waals surface area contributed by atoms with E-state index in [0.717, 1.165) is 40.1 Å². The highest BCUT2D eigenvalue weighted by Crippen LogP contribution is 2.33. The lowest BCUT2D eigenvalue weighted by atomic mass is 10.1. The summed E-state index contributed by atoms with van der Waals surface area (Å²) in [7, 11) is 0. The fourth-order valence-electron chi connectivity index (χ4n) is 3.28.